The maximum atomic E-state index is 10.4. The number of carboxylic acids is 1. The minimum absolute atomic E-state index is 0.0191. The average Bonchev–Trinajstić information content (AvgIpc) is 2.55. The lowest BCUT2D eigenvalue weighted by molar-refractivity contribution is 0.0660. The van der Waals surface area contributed by atoms with Crippen molar-refractivity contribution < 1.29 is 14.3 Å². The highest BCUT2D eigenvalue weighted by Gasteiger charge is 2.09. The van der Waals surface area contributed by atoms with Crippen LogP contribution in [0, 0.1) is 5.92 Å². The van der Waals surface area contributed by atoms with Crippen molar-refractivity contribution in [3.05, 3.63) is 23.7 Å². The molecule has 0 aliphatic heterocycles. The number of hydrogen-bond donors (Lipinski definition) is 1. The van der Waals surface area contributed by atoms with Crippen molar-refractivity contribution in [2.75, 3.05) is 0 Å². The molecule has 0 radical (unpaired) electrons. The van der Waals surface area contributed by atoms with Gasteiger partial charge in [0.25, 0.3) is 0 Å². The van der Waals surface area contributed by atoms with Gasteiger partial charge in [-0.15, -0.1) is 0 Å². The van der Waals surface area contributed by atoms with Crippen LogP contribution in [0.4, 0.5) is 0 Å². The largest absolute Gasteiger partial charge is 0.475 e. The summed E-state index contributed by atoms with van der Waals surface area (Å²) in [7, 11) is 0. The Labute approximate surface area is 84.7 Å². The van der Waals surface area contributed by atoms with Crippen molar-refractivity contribution in [3.8, 4) is 0 Å². The standard InChI is InChI=1S/C9H12O3.C2H6/c1-6(2)5-7-3-4-8(12-7)9(10)11;1-2/h3-4,6H,5H2,1-2H3,(H,10,11);1-2H3. The van der Waals surface area contributed by atoms with E-state index in [1.807, 2.05) is 13.8 Å². The number of hydrogen-bond acceptors (Lipinski definition) is 2. The van der Waals surface area contributed by atoms with E-state index in [4.69, 9.17) is 9.52 Å². The Balaban J connectivity index is 0.000000791. The summed E-state index contributed by atoms with van der Waals surface area (Å²) in [6.07, 6.45) is 0.785. The van der Waals surface area contributed by atoms with Gasteiger partial charge in [-0.25, -0.2) is 4.79 Å². The highest BCUT2D eigenvalue weighted by molar-refractivity contribution is 5.84. The predicted molar refractivity (Wildman–Crippen MR) is 55.6 cm³/mol. The molecule has 0 unspecified atom stereocenters. The fraction of sp³-hybridized carbons (Fsp3) is 0.545. The maximum absolute atomic E-state index is 10.4. The Morgan fingerprint density at radius 2 is 2.00 bits per heavy atom. The zero-order chi connectivity index (χ0) is 11.1. The van der Waals surface area contributed by atoms with Gasteiger partial charge in [0.05, 0.1) is 0 Å². The molecule has 14 heavy (non-hydrogen) atoms. The van der Waals surface area contributed by atoms with Gasteiger partial charge in [-0.05, 0) is 18.1 Å². The number of rotatable bonds is 3. The second-order valence-corrected chi connectivity index (χ2v) is 3.17. The van der Waals surface area contributed by atoms with Crippen molar-refractivity contribution in [2.24, 2.45) is 5.92 Å². The van der Waals surface area contributed by atoms with Crippen LogP contribution in [0.2, 0.25) is 0 Å². The summed E-state index contributed by atoms with van der Waals surface area (Å²) in [6.45, 7) is 8.12. The van der Waals surface area contributed by atoms with Gasteiger partial charge in [-0.1, -0.05) is 27.7 Å². The van der Waals surface area contributed by atoms with Crippen molar-refractivity contribution >= 4 is 5.97 Å². The molecule has 1 aromatic rings. The van der Waals surface area contributed by atoms with Crippen LogP contribution < -0.4 is 0 Å². The normalized spacial score (nSPS) is 9.50. The van der Waals surface area contributed by atoms with Crippen LogP contribution in [0.1, 0.15) is 44.0 Å². The molecule has 0 fully saturated rings. The lowest BCUT2D eigenvalue weighted by Crippen LogP contribution is -1.94. The molecule has 1 rings (SSSR count). The molecule has 0 aliphatic carbocycles. The van der Waals surface area contributed by atoms with Crippen molar-refractivity contribution in [2.45, 2.75) is 34.1 Å². The summed E-state index contributed by atoms with van der Waals surface area (Å²) >= 11 is 0. The maximum Gasteiger partial charge on any atom is 0.371 e. The highest BCUT2D eigenvalue weighted by Crippen LogP contribution is 2.12. The fourth-order valence-corrected chi connectivity index (χ4v) is 1.00. The topological polar surface area (TPSA) is 50.4 Å². The Morgan fingerprint density at radius 3 is 2.36 bits per heavy atom. The van der Waals surface area contributed by atoms with Gasteiger partial charge < -0.3 is 9.52 Å². The van der Waals surface area contributed by atoms with Gasteiger partial charge in [0.15, 0.2) is 0 Å². The van der Waals surface area contributed by atoms with Gasteiger partial charge in [-0.3, -0.25) is 0 Å². The Bertz CT molecular complexity index is 274. The summed E-state index contributed by atoms with van der Waals surface area (Å²) in [5.74, 6) is 0.232. The van der Waals surface area contributed by atoms with E-state index in [9.17, 15) is 4.79 Å². The van der Waals surface area contributed by atoms with Crippen molar-refractivity contribution in [1.82, 2.24) is 0 Å². The van der Waals surface area contributed by atoms with Crippen LogP contribution in [-0.2, 0) is 6.42 Å². The van der Waals surface area contributed by atoms with Crippen LogP contribution in [-0.4, -0.2) is 11.1 Å². The fourth-order valence-electron chi connectivity index (χ4n) is 1.00. The molecule has 0 atom stereocenters. The van der Waals surface area contributed by atoms with Crippen LogP contribution in [0.25, 0.3) is 0 Å². The molecule has 0 bridgehead atoms. The molecule has 0 aliphatic rings. The minimum Gasteiger partial charge on any atom is -0.475 e. The minimum atomic E-state index is -1.01. The molecular weight excluding hydrogens is 180 g/mol. The quantitative estimate of drug-likeness (QED) is 0.811. The Kier molecular flexibility index (Phi) is 5.68. The predicted octanol–water partition coefficient (Wildman–Crippen LogP) is 3.20. The summed E-state index contributed by atoms with van der Waals surface area (Å²) in [4.78, 5) is 10.4. The number of carboxylic acid groups (broad SMARTS) is 1. The average molecular weight is 198 g/mol. The third-order valence-electron chi connectivity index (χ3n) is 1.48. The number of aromatic carboxylic acids is 1. The second-order valence-electron chi connectivity index (χ2n) is 3.17. The van der Waals surface area contributed by atoms with Gasteiger partial charge in [0.1, 0.15) is 5.76 Å². The SMILES string of the molecule is CC.CC(C)Cc1ccc(C(=O)O)o1. The first kappa shape index (κ1) is 12.8. The van der Waals surface area contributed by atoms with Crippen LogP contribution in [0.5, 0.6) is 0 Å². The first-order valence-corrected chi connectivity index (χ1v) is 4.91. The molecule has 3 heteroatoms. The molecule has 1 heterocycles. The molecule has 0 saturated heterocycles. The zero-order valence-corrected chi connectivity index (χ0v) is 9.20. The van der Waals surface area contributed by atoms with E-state index >= 15 is 0 Å². The monoisotopic (exact) mass is 198 g/mol. The van der Waals surface area contributed by atoms with Crippen LogP contribution in [0.3, 0.4) is 0 Å². The molecule has 0 aromatic carbocycles. The molecular formula is C11H18O3. The zero-order valence-electron chi connectivity index (χ0n) is 9.20. The molecule has 80 valence electrons. The first-order chi connectivity index (χ1) is 6.59. The number of furan rings is 1. The first-order valence-electron chi connectivity index (χ1n) is 4.91. The molecule has 0 spiro atoms. The third-order valence-corrected chi connectivity index (χ3v) is 1.48. The van der Waals surface area contributed by atoms with Crippen molar-refractivity contribution in [1.29, 1.82) is 0 Å². The smallest absolute Gasteiger partial charge is 0.371 e. The Hall–Kier alpha value is -1.25. The van der Waals surface area contributed by atoms with Crippen molar-refractivity contribution in [3.63, 3.8) is 0 Å². The van der Waals surface area contributed by atoms with Gasteiger partial charge in [0, 0.05) is 6.42 Å². The molecule has 1 aromatic heterocycles. The number of carbonyl (C=O) groups is 1. The van der Waals surface area contributed by atoms with Crippen LogP contribution in [0.15, 0.2) is 16.5 Å². The van der Waals surface area contributed by atoms with E-state index in [1.165, 1.54) is 6.07 Å². The lowest BCUT2D eigenvalue weighted by Gasteiger charge is -1.98. The van der Waals surface area contributed by atoms with E-state index in [0.29, 0.717) is 5.92 Å². The molecule has 3 nitrogen and oxygen atoms in total. The van der Waals surface area contributed by atoms with Gasteiger partial charge >= 0.3 is 5.97 Å². The van der Waals surface area contributed by atoms with E-state index in [2.05, 4.69) is 13.8 Å². The van der Waals surface area contributed by atoms with E-state index in [1.54, 1.807) is 6.07 Å². The molecule has 0 saturated carbocycles. The highest BCUT2D eigenvalue weighted by atomic mass is 16.4. The summed E-state index contributed by atoms with van der Waals surface area (Å²) < 4.78 is 5.06. The summed E-state index contributed by atoms with van der Waals surface area (Å²) in [5, 5.41) is 8.54. The molecule has 1 N–H and O–H groups in total. The van der Waals surface area contributed by atoms with Crippen LogP contribution >= 0.6 is 0 Å². The second kappa shape index (κ2) is 6.24. The molecule has 0 amide bonds. The summed E-state index contributed by atoms with van der Waals surface area (Å²) in [6, 6.07) is 3.20. The van der Waals surface area contributed by atoms with E-state index < -0.39 is 5.97 Å². The van der Waals surface area contributed by atoms with Gasteiger partial charge in [0.2, 0.25) is 5.76 Å². The summed E-state index contributed by atoms with van der Waals surface area (Å²) in [5.41, 5.74) is 0. The van der Waals surface area contributed by atoms with E-state index in [0.717, 1.165) is 12.2 Å². The lowest BCUT2D eigenvalue weighted by atomic mass is 10.1. The third kappa shape index (κ3) is 4.12. The Morgan fingerprint density at radius 1 is 1.43 bits per heavy atom. The van der Waals surface area contributed by atoms with Gasteiger partial charge in [-0.2, -0.15) is 0 Å². The van der Waals surface area contributed by atoms with E-state index in [-0.39, 0.29) is 5.76 Å².